The molecule has 10 nitrogen and oxygen atoms in total. The van der Waals surface area contributed by atoms with Gasteiger partial charge in [-0.15, -0.1) is 0 Å². The molecule has 0 unspecified atom stereocenters. The fraction of sp³-hybridized carbons (Fsp3) is 0. The van der Waals surface area contributed by atoms with E-state index >= 15 is 0 Å². The molecule has 0 radical (unpaired) electrons. The third-order valence-electron chi connectivity index (χ3n) is 3.56. The molecule has 0 atom stereocenters. The minimum absolute atomic E-state index is 0.129. The first-order valence-corrected chi connectivity index (χ1v) is 7.45. The summed E-state index contributed by atoms with van der Waals surface area (Å²) in [7, 11) is 0. The molecule has 27 heavy (non-hydrogen) atoms. The number of nitrogen functional groups attached to an aromatic ring is 1. The van der Waals surface area contributed by atoms with Crippen LogP contribution in [0.1, 0.15) is 20.7 Å². The van der Waals surface area contributed by atoms with E-state index in [0.717, 1.165) is 0 Å². The second kappa shape index (κ2) is 6.96. The summed E-state index contributed by atoms with van der Waals surface area (Å²) in [5.74, 6) is -3.11. The highest BCUT2D eigenvalue weighted by molar-refractivity contribution is 6.07. The van der Waals surface area contributed by atoms with Gasteiger partial charge in [-0.1, -0.05) is 12.1 Å². The van der Waals surface area contributed by atoms with E-state index in [-0.39, 0.29) is 22.8 Å². The van der Waals surface area contributed by atoms with Crippen LogP contribution in [-0.4, -0.2) is 37.1 Å². The number of pyridine rings is 1. The maximum absolute atomic E-state index is 12.1. The van der Waals surface area contributed by atoms with Gasteiger partial charge in [0.25, 0.3) is 5.56 Å². The first-order chi connectivity index (χ1) is 12.9. The summed E-state index contributed by atoms with van der Waals surface area (Å²) in [4.78, 5) is 45.1. The second-order valence-corrected chi connectivity index (χ2v) is 5.28. The minimum Gasteiger partial charge on any atom is -0.478 e. The molecule has 2 aromatic heterocycles. The van der Waals surface area contributed by atoms with Gasteiger partial charge in [-0.25, -0.2) is 14.6 Å². The molecule has 2 heterocycles. The van der Waals surface area contributed by atoms with Gasteiger partial charge in [0.05, 0.1) is 6.20 Å². The number of nitrogens with two attached hydrogens (primary N) is 1. The summed E-state index contributed by atoms with van der Waals surface area (Å²) in [6, 6.07) is 5.88. The molecule has 0 aliphatic heterocycles. The monoisotopic (exact) mass is 368 g/mol. The molecular formula is C17H12N4O6. The van der Waals surface area contributed by atoms with Gasteiger partial charge in [0, 0.05) is 18.0 Å². The lowest BCUT2D eigenvalue weighted by Crippen LogP contribution is -2.24. The first-order valence-electron chi connectivity index (χ1n) is 7.45. The molecule has 10 heteroatoms. The van der Waals surface area contributed by atoms with Crippen LogP contribution in [0.5, 0.6) is 11.6 Å². The van der Waals surface area contributed by atoms with Crippen LogP contribution < -0.4 is 16.0 Å². The summed E-state index contributed by atoms with van der Waals surface area (Å²) < 4.78 is 5.52. The normalized spacial score (nSPS) is 10.4. The van der Waals surface area contributed by atoms with Gasteiger partial charge < -0.3 is 25.7 Å². The van der Waals surface area contributed by atoms with Gasteiger partial charge in [0.15, 0.2) is 0 Å². The van der Waals surface area contributed by atoms with Crippen LogP contribution in [0, 0.1) is 0 Å². The van der Waals surface area contributed by atoms with Crippen LogP contribution in [-0.2, 0) is 0 Å². The summed E-state index contributed by atoms with van der Waals surface area (Å²) >= 11 is 0. The third kappa shape index (κ3) is 3.44. The first kappa shape index (κ1) is 17.6. The Labute approximate surface area is 150 Å². The lowest BCUT2D eigenvalue weighted by atomic mass is 9.95. The van der Waals surface area contributed by atoms with E-state index in [4.69, 9.17) is 10.5 Å². The van der Waals surface area contributed by atoms with Crippen molar-refractivity contribution >= 4 is 17.8 Å². The van der Waals surface area contributed by atoms with Crippen molar-refractivity contribution in [2.45, 2.75) is 0 Å². The molecule has 0 aliphatic carbocycles. The average molecular weight is 368 g/mol. The third-order valence-corrected chi connectivity index (χ3v) is 3.56. The summed E-state index contributed by atoms with van der Waals surface area (Å²) in [6.07, 6.45) is 4.24. The predicted octanol–water partition coefficient (Wildman–Crippen LogP) is 1.60. The zero-order valence-electron chi connectivity index (χ0n) is 13.5. The molecule has 3 rings (SSSR count). The minimum atomic E-state index is -1.59. The molecule has 1 aromatic carbocycles. The number of nitrogens with one attached hydrogen (secondary N) is 1. The Morgan fingerprint density at radius 2 is 1.85 bits per heavy atom. The van der Waals surface area contributed by atoms with E-state index in [2.05, 4.69) is 9.97 Å². The quantitative estimate of drug-likeness (QED) is 0.522. The number of nitrogens with zero attached hydrogens (tertiary/aromatic N) is 2. The van der Waals surface area contributed by atoms with E-state index in [9.17, 15) is 24.6 Å². The second-order valence-electron chi connectivity index (χ2n) is 5.28. The van der Waals surface area contributed by atoms with Crippen molar-refractivity contribution in [1.29, 1.82) is 0 Å². The maximum atomic E-state index is 12.1. The van der Waals surface area contributed by atoms with Gasteiger partial charge in [-0.3, -0.25) is 9.78 Å². The number of ether oxygens (including phenoxy) is 1. The van der Waals surface area contributed by atoms with Crippen LogP contribution >= 0.6 is 0 Å². The fourth-order valence-corrected chi connectivity index (χ4v) is 2.51. The van der Waals surface area contributed by atoms with Crippen LogP contribution in [0.25, 0.3) is 11.1 Å². The Balaban J connectivity index is 2.22. The molecule has 0 fully saturated rings. The number of rotatable bonds is 5. The largest absolute Gasteiger partial charge is 0.478 e. The van der Waals surface area contributed by atoms with E-state index in [0.29, 0.717) is 0 Å². The number of hydrogen-bond acceptors (Lipinski definition) is 7. The zero-order valence-corrected chi connectivity index (χ0v) is 13.5. The van der Waals surface area contributed by atoms with E-state index in [1.807, 2.05) is 4.98 Å². The molecule has 3 aromatic rings. The molecule has 0 bridgehead atoms. The summed E-state index contributed by atoms with van der Waals surface area (Å²) in [6.45, 7) is 0. The summed E-state index contributed by atoms with van der Waals surface area (Å²) in [5, 5.41) is 18.9. The van der Waals surface area contributed by atoms with Crippen LogP contribution in [0.4, 0.5) is 5.82 Å². The highest BCUT2D eigenvalue weighted by Crippen LogP contribution is 2.32. The molecule has 0 saturated carbocycles. The van der Waals surface area contributed by atoms with Gasteiger partial charge >= 0.3 is 11.9 Å². The topological polar surface area (TPSA) is 168 Å². The average Bonchev–Trinajstić information content (AvgIpc) is 2.61. The van der Waals surface area contributed by atoms with Crippen molar-refractivity contribution in [3.63, 3.8) is 0 Å². The van der Waals surface area contributed by atoms with Crippen LogP contribution in [0.3, 0.4) is 0 Å². The molecule has 0 amide bonds. The van der Waals surface area contributed by atoms with Crippen molar-refractivity contribution in [3.05, 3.63) is 64.3 Å². The van der Waals surface area contributed by atoms with Crippen molar-refractivity contribution in [2.24, 2.45) is 0 Å². The molecule has 0 spiro atoms. The lowest BCUT2D eigenvalue weighted by molar-refractivity contribution is 0.0695. The van der Waals surface area contributed by atoms with E-state index < -0.39 is 34.4 Å². The van der Waals surface area contributed by atoms with Gasteiger partial charge in [-0.05, 0) is 17.7 Å². The molecule has 5 N–H and O–H groups in total. The number of benzene rings is 1. The fourth-order valence-electron chi connectivity index (χ4n) is 2.51. The molecule has 136 valence electrons. The Hall–Kier alpha value is -4.21. The number of carboxylic acid groups (broad SMARTS) is 2. The zero-order chi connectivity index (χ0) is 19.6. The van der Waals surface area contributed by atoms with Gasteiger partial charge in [-0.2, -0.15) is 0 Å². The number of aromatic amines is 1. The Bertz CT molecular complexity index is 1090. The SMILES string of the molecule is Nc1[nH]c(=O)c(C(=O)O)c(-c2cccc(Oc3cnccn3)c2)c1C(=O)O. The number of aromatic nitrogens is 3. The molecular weight excluding hydrogens is 356 g/mol. The number of aromatic carboxylic acids is 2. The van der Waals surface area contributed by atoms with Gasteiger partial charge in [0.2, 0.25) is 5.88 Å². The highest BCUT2D eigenvalue weighted by atomic mass is 16.5. The van der Waals surface area contributed by atoms with Gasteiger partial charge in [0.1, 0.15) is 22.7 Å². The van der Waals surface area contributed by atoms with Crippen molar-refractivity contribution < 1.29 is 24.5 Å². The Kier molecular flexibility index (Phi) is 4.54. The number of hydrogen-bond donors (Lipinski definition) is 4. The number of carbonyl (C=O) groups is 2. The van der Waals surface area contributed by atoms with E-state index in [1.54, 1.807) is 6.07 Å². The standard InChI is InChI=1S/C17H12N4O6/c18-14-12(16(23)24)11(13(17(25)26)15(22)21-14)8-2-1-3-9(6-8)27-10-7-19-4-5-20-10/h1-7H,(H,23,24)(H,25,26)(H3,18,21,22). The van der Waals surface area contributed by atoms with Crippen LogP contribution in [0.2, 0.25) is 0 Å². The van der Waals surface area contributed by atoms with Crippen molar-refractivity contribution in [1.82, 2.24) is 15.0 Å². The number of anilines is 1. The predicted molar refractivity (Wildman–Crippen MR) is 92.9 cm³/mol. The van der Waals surface area contributed by atoms with E-state index in [1.165, 1.54) is 36.8 Å². The summed E-state index contributed by atoms with van der Waals surface area (Å²) in [5.41, 5.74) is 3.15. The Morgan fingerprint density at radius 1 is 1.11 bits per heavy atom. The van der Waals surface area contributed by atoms with Crippen LogP contribution in [0.15, 0.2) is 47.7 Å². The number of H-pyrrole nitrogens is 1. The Morgan fingerprint density at radius 3 is 2.48 bits per heavy atom. The highest BCUT2D eigenvalue weighted by Gasteiger charge is 2.26. The molecule has 0 saturated heterocycles. The van der Waals surface area contributed by atoms with Crippen molar-refractivity contribution in [2.75, 3.05) is 5.73 Å². The maximum Gasteiger partial charge on any atom is 0.342 e. The smallest absolute Gasteiger partial charge is 0.342 e. The van der Waals surface area contributed by atoms with Crippen molar-refractivity contribution in [3.8, 4) is 22.8 Å². The molecule has 0 aliphatic rings. The lowest BCUT2D eigenvalue weighted by Gasteiger charge is -2.13. The number of carboxylic acids is 2.